The SMILES string of the molecule is COc1cc(Br)c(NC(=O)CC(=O)O)cc1F. The molecule has 0 aliphatic rings. The van der Waals surface area contributed by atoms with Crippen molar-refractivity contribution < 1.29 is 23.8 Å². The van der Waals surface area contributed by atoms with Crippen LogP contribution < -0.4 is 10.1 Å². The number of carboxylic acids is 1. The normalized spacial score (nSPS) is 9.82. The Kier molecular flexibility index (Phi) is 4.45. The van der Waals surface area contributed by atoms with E-state index in [2.05, 4.69) is 21.2 Å². The molecular formula is C10H9BrFNO4. The maximum absolute atomic E-state index is 13.3. The zero-order valence-electron chi connectivity index (χ0n) is 8.79. The summed E-state index contributed by atoms with van der Waals surface area (Å²) < 4.78 is 18.5. The van der Waals surface area contributed by atoms with Crippen LogP contribution in [0.15, 0.2) is 16.6 Å². The van der Waals surface area contributed by atoms with Gasteiger partial charge in [-0.1, -0.05) is 0 Å². The average molecular weight is 306 g/mol. The van der Waals surface area contributed by atoms with Gasteiger partial charge in [0, 0.05) is 10.5 Å². The van der Waals surface area contributed by atoms with E-state index < -0.39 is 24.1 Å². The molecule has 0 saturated carbocycles. The van der Waals surface area contributed by atoms with Crippen molar-refractivity contribution in [2.75, 3.05) is 12.4 Å². The molecule has 0 spiro atoms. The molecule has 7 heteroatoms. The van der Waals surface area contributed by atoms with Crippen LogP contribution in [0.5, 0.6) is 5.75 Å². The van der Waals surface area contributed by atoms with Crippen LogP contribution in [-0.4, -0.2) is 24.1 Å². The zero-order valence-corrected chi connectivity index (χ0v) is 10.4. The van der Waals surface area contributed by atoms with Crippen LogP contribution >= 0.6 is 15.9 Å². The lowest BCUT2D eigenvalue weighted by Crippen LogP contribution is -2.16. The van der Waals surface area contributed by atoms with Crippen LogP contribution in [-0.2, 0) is 9.59 Å². The lowest BCUT2D eigenvalue weighted by atomic mass is 10.2. The minimum Gasteiger partial charge on any atom is -0.494 e. The molecule has 0 aliphatic carbocycles. The molecule has 1 amide bonds. The Morgan fingerprint density at radius 3 is 2.71 bits per heavy atom. The molecule has 0 bridgehead atoms. The predicted octanol–water partition coefficient (Wildman–Crippen LogP) is 2.01. The molecule has 2 N–H and O–H groups in total. The van der Waals surface area contributed by atoms with Gasteiger partial charge in [0.1, 0.15) is 6.42 Å². The zero-order chi connectivity index (χ0) is 13.0. The first-order valence-corrected chi connectivity index (χ1v) is 5.28. The van der Waals surface area contributed by atoms with E-state index in [0.717, 1.165) is 6.07 Å². The summed E-state index contributed by atoms with van der Waals surface area (Å²) in [4.78, 5) is 21.5. The topological polar surface area (TPSA) is 75.6 Å². The Hall–Kier alpha value is -1.63. The summed E-state index contributed by atoms with van der Waals surface area (Å²) in [7, 11) is 1.31. The van der Waals surface area contributed by atoms with Gasteiger partial charge < -0.3 is 15.2 Å². The van der Waals surface area contributed by atoms with Gasteiger partial charge in [0.15, 0.2) is 11.6 Å². The number of aliphatic carboxylic acids is 1. The number of halogens is 2. The van der Waals surface area contributed by atoms with Crippen molar-refractivity contribution in [2.24, 2.45) is 0 Å². The molecule has 5 nitrogen and oxygen atoms in total. The second kappa shape index (κ2) is 5.62. The van der Waals surface area contributed by atoms with Crippen molar-refractivity contribution in [1.82, 2.24) is 0 Å². The Balaban J connectivity index is 2.88. The molecule has 0 aromatic heterocycles. The third-order valence-electron chi connectivity index (χ3n) is 1.83. The summed E-state index contributed by atoms with van der Waals surface area (Å²) >= 11 is 3.11. The van der Waals surface area contributed by atoms with Crippen LogP contribution in [0.4, 0.5) is 10.1 Å². The standard InChI is InChI=1S/C10H9BrFNO4/c1-17-8-2-5(11)7(3-6(8)12)13-9(14)4-10(15)16/h2-3H,4H2,1H3,(H,13,14)(H,15,16). The number of methoxy groups -OCH3 is 1. The number of anilines is 1. The first-order chi connectivity index (χ1) is 7.93. The number of carbonyl (C=O) groups excluding carboxylic acids is 1. The molecule has 0 unspecified atom stereocenters. The highest BCUT2D eigenvalue weighted by molar-refractivity contribution is 9.10. The molecule has 0 aliphatic heterocycles. The monoisotopic (exact) mass is 305 g/mol. The minimum atomic E-state index is -1.26. The van der Waals surface area contributed by atoms with Gasteiger partial charge in [-0.2, -0.15) is 0 Å². The van der Waals surface area contributed by atoms with Crippen LogP contribution in [0.2, 0.25) is 0 Å². The molecule has 1 rings (SSSR count). The Labute approximate surface area is 105 Å². The molecule has 0 saturated heterocycles. The van der Waals surface area contributed by atoms with Gasteiger partial charge in [0.05, 0.1) is 12.8 Å². The van der Waals surface area contributed by atoms with Crippen LogP contribution in [0.25, 0.3) is 0 Å². The second-order valence-electron chi connectivity index (χ2n) is 3.09. The number of rotatable bonds is 4. The smallest absolute Gasteiger partial charge is 0.312 e. The largest absolute Gasteiger partial charge is 0.494 e. The number of carboxylic acid groups (broad SMARTS) is 1. The van der Waals surface area contributed by atoms with E-state index in [0.29, 0.717) is 4.47 Å². The van der Waals surface area contributed by atoms with E-state index in [1.807, 2.05) is 0 Å². The second-order valence-corrected chi connectivity index (χ2v) is 3.94. The third-order valence-corrected chi connectivity index (χ3v) is 2.48. The van der Waals surface area contributed by atoms with Crippen LogP contribution in [0.1, 0.15) is 6.42 Å². The lowest BCUT2D eigenvalue weighted by Gasteiger charge is -2.09. The highest BCUT2D eigenvalue weighted by Gasteiger charge is 2.13. The van der Waals surface area contributed by atoms with Crippen molar-refractivity contribution >= 4 is 33.5 Å². The van der Waals surface area contributed by atoms with Gasteiger partial charge in [-0.3, -0.25) is 9.59 Å². The number of carbonyl (C=O) groups is 2. The molecule has 92 valence electrons. The molecule has 0 atom stereocenters. The molecular weight excluding hydrogens is 297 g/mol. The molecule has 0 radical (unpaired) electrons. The maximum Gasteiger partial charge on any atom is 0.312 e. The van der Waals surface area contributed by atoms with E-state index in [-0.39, 0.29) is 11.4 Å². The van der Waals surface area contributed by atoms with Crippen molar-refractivity contribution in [2.45, 2.75) is 6.42 Å². The number of ether oxygens (including phenoxy) is 1. The van der Waals surface area contributed by atoms with E-state index in [1.165, 1.54) is 13.2 Å². The summed E-state index contributed by atoms with van der Waals surface area (Å²) in [6, 6.07) is 2.38. The van der Waals surface area contributed by atoms with E-state index in [9.17, 15) is 14.0 Å². The number of amides is 1. The fourth-order valence-electron chi connectivity index (χ4n) is 1.11. The molecule has 1 aromatic rings. The van der Waals surface area contributed by atoms with E-state index in [4.69, 9.17) is 9.84 Å². The summed E-state index contributed by atoms with van der Waals surface area (Å²) in [6.45, 7) is 0. The van der Waals surface area contributed by atoms with Gasteiger partial charge in [0.25, 0.3) is 0 Å². The van der Waals surface area contributed by atoms with E-state index >= 15 is 0 Å². The van der Waals surface area contributed by atoms with Gasteiger partial charge in [-0.05, 0) is 22.0 Å². The molecule has 1 aromatic carbocycles. The summed E-state index contributed by atoms with van der Waals surface area (Å²) in [6.07, 6.45) is -0.680. The third kappa shape index (κ3) is 3.70. The van der Waals surface area contributed by atoms with Crippen LogP contribution in [0, 0.1) is 5.82 Å². The Morgan fingerprint density at radius 1 is 1.53 bits per heavy atom. The van der Waals surface area contributed by atoms with Crippen molar-refractivity contribution in [1.29, 1.82) is 0 Å². The van der Waals surface area contributed by atoms with Gasteiger partial charge in [-0.15, -0.1) is 0 Å². The van der Waals surface area contributed by atoms with Crippen LogP contribution in [0.3, 0.4) is 0 Å². The molecule has 0 fully saturated rings. The van der Waals surface area contributed by atoms with Gasteiger partial charge >= 0.3 is 5.97 Å². The molecule has 0 heterocycles. The number of nitrogens with one attached hydrogen (secondary N) is 1. The maximum atomic E-state index is 13.3. The highest BCUT2D eigenvalue weighted by Crippen LogP contribution is 2.30. The summed E-state index contributed by atoms with van der Waals surface area (Å²) in [5.74, 6) is -2.62. The van der Waals surface area contributed by atoms with Crippen molar-refractivity contribution in [3.8, 4) is 5.75 Å². The first-order valence-electron chi connectivity index (χ1n) is 4.48. The van der Waals surface area contributed by atoms with Crippen molar-refractivity contribution in [3.05, 3.63) is 22.4 Å². The Morgan fingerprint density at radius 2 is 2.18 bits per heavy atom. The van der Waals surface area contributed by atoms with Gasteiger partial charge in [0.2, 0.25) is 5.91 Å². The predicted molar refractivity (Wildman–Crippen MR) is 61.5 cm³/mol. The van der Waals surface area contributed by atoms with Crippen molar-refractivity contribution in [3.63, 3.8) is 0 Å². The lowest BCUT2D eigenvalue weighted by molar-refractivity contribution is -0.139. The fourth-order valence-corrected chi connectivity index (χ4v) is 1.53. The minimum absolute atomic E-state index is 0.0214. The molecule has 17 heavy (non-hydrogen) atoms. The highest BCUT2D eigenvalue weighted by atomic mass is 79.9. The summed E-state index contributed by atoms with van der Waals surface area (Å²) in [5.41, 5.74) is 0.148. The first kappa shape index (κ1) is 13.4. The fraction of sp³-hybridized carbons (Fsp3) is 0.200. The summed E-state index contributed by atoms with van der Waals surface area (Å²) in [5, 5.41) is 10.7. The Bertz CT molecular complexity index is 464. The number of benzene rings is 1. The van der Waals surface area contributed by atoms with Gasteiger partial charge in [-0.25, -0.2) is 4.39 Å². The number of hydrogen-bond donors (Lipinski definition) is 2. The number of hydrogen-bond acceptors (Lipinski definition) is 3. The quantitative estimate of drug-likeness (QED) is 0.834. The van der Waals surface area contributed by atoms with E-state index in [1.54, 1.807) is 0 Å². The average Bonchev–Trinajstić information content (AvgIpc) is 2.21.